The van der Waals surface area contributed by atoms with Gasteiger partial charge in [-0.25, -0.2) is 0 Å². The molecular weight excluding hydrogens is 372 g/mol. The fourth-order valence-electron chi connectivity index (χ4n) is 4.62. The van der Waals surface area contributed by atoms with Crippen LogP contribution in [-0.4, -0.2) is 6.88 Å². The van der Waals surface area contributed by atoms with Gasteiger partial charge in [0.15, 0.2) is 0 Å². The summed E-state index contributed by atoms with van der Waals surface area (Å²) in [6, 6.07) is 0. The number of rotatable bonds is 10. The molecule has 0 heterocycles. The average Bonchev–Trinajstić information content (AvgIpc) is 3.24. The standard InChI is InChI=1S/C8H11.C5H5.2C4H9.H2Si.Zr/c1-2-5-8-6-3-4-7-8;1-2-4-5-3-1;2*1-3-4-2;;/h6-7H,2-3,5H2,1H3;1-3H,4H2;2*1,3-4H2,2H3;1H2;. The van der Waals surface area contributed by atoms with Crippen molar-refractivity contribution < 1.29 is 17.4 Å². The quantitative estimate of drug-likeness (QED) is 0.362. The Morgan fingerprint density at radius 1 is 0.957 bits per heavy atom. The van der Waals surface area contributed by atoms with Gasteiger partial charge in [-0.2, -0.15) is 0 Å². The summed E-state index contributed by atoms with van der Waals surface area (Å²) in [5, 5.41) is 0. The van der Waals surface area contributed by atoms with Gasteiger partial charge in [0.1, 0.15) is 0 Å². The number of hydrogen-bond donors (Lipinski definition) is 0. The Balaban J connectivity index is 2.45. The zero-order chi connectivity index (χ0) is 16.8. The Morgan fingerprint density at radius 3 is 2.17 bits per heavy atom. The van der Waals surface area contributed by atoms with Gasteiger partial charge in [-0.1, -0.05) is 0 Å². The summed E-state index contributed by atoms with van der Waals surface area (Å²) in [4.78, 5) is 0. The second-order valence-electron chi connectivity index (χ2n) is 7.87. The molecule has 2 rings (SSSR count). The molecule has 2 aliphatic carbocycles. The van der Waals surface area contributed by atoms with Gasteiger partial charge in [-0.15, -0.1) is 0 Å². The molecule has 0 aromatic rings. The Morgan fingerprint density at radius 2 is 1.65 bits per heavy atom. The third-order valence-electron chi connectivity index (χ3n) is 6.20. The molecule has 0 aromatic heterocycles. The molecule has 0 unspecified atom stereocenters. The Kier molecular flexibility index (Phi) is 7.11. The van der Waals surface area contributed by atoms with Crippen LogP contribution in [0.25, 0.3) is 0 Å². The van der Waals surface area contributed by atoms with E-state index in [9.17, 15) is 0 Å². The van der Waals surface area contributed by atoms with E-state index in [-0.39, 0.29) is 0 Å². The Bertz CT molecular complexity index is 589. The van der Waals surface area contributed by atoms with Gasteiger partial charge in [0.25, 0.3) is 0 Å². The maximum absolute atomic E-state index is 3.00. The topological polar surface area (TPSA) is 0 Å². The van der Waals surface area contributed by atoms with E-state index in [0.717, 1.165) is 0 Å². The Hall–Kier alpha value is 0.0600. The van der Waals surface area contributed by atoms with Gasteiger partial charge in [0.2, 0.25) is 0 Å². The van der Waals surface area contributed by atoms with E-state index in [1.54, 1.807) is 5.57 Å². The molecule has 2 heteroatoms. The molecule has 23 heavy (non-hydrogen) atoms. The van der Waals surface area contributed by atoms with Crippen LogP contribution in [0.1, 0.15) is 72.1 Å². The molecule has 0 aromatic carbocycles. The minimum atomic E-state index is -3.00. The van der Waals surface area contributed by atoms with Crippen molar-refractivity contribution in [3.05, 3.63) is 42.5 Å². The van der Waals surface area contributed by atoms with Crippen molar-refractivity contribution in [2.24, 2.45) is 0 Å². The van der Waals surface area contributed by atoms with Gasteiger partial charge in [0, 0.05) is 0 Å². The average molecular weight is 408 g/mol. The molecule has 0 N–H and O–H groups in total. The summed E-state index contributed by atoms with van der Waals surface area (Å²) in [6.07, 6.45) is 23.1. The molecule has 0 amide bonds. The van der Waals surface area contributed by atoms with E-state index in [2.05, 4.69) is 58.0 Å². The molecule has 128 valence electrons. The molecule has 0 aliphatic heterocycles. The van der Waals surface area contributed by atoms with E-state index in [0.29, 0.717) is 0 Å². The predicted molar refractivity (Wildman–Crippen MR) is 106 cm³/mol. The summed E-state index contributed by atoms with van der Waals surface area (Å²) in [5.74, 6) is 0. The Labute approximate surface area is 146 Å². The van der Waals surface area contributed by atoms with Crippen molar-refractivity contribution in [1.82, 2.24) is 0 Å². The molecule has 2 aliphatic rings. The van der Waals surface area contributed by atoms with Crippen LogP contribution in [0, 0.1) is 0 Å². The summed E-state index contributed by atoms with van der Waals surface area (Å²) in [5.41, 5.74) is 1.63. The second-order valence-corrected chi connectivity index (χ2v) is 33.1. The van der Waals surface area contributed by atoms with Crippen LogP contribution in [0.2, 0.25) is 8.26 Å². The van der Waals surface area contributed by atoms with E-state index in [1.165, 1.54) is 59.6 Å². The van der Waals surface area contributed by atoms with Gasteiger partial charge in [-0.3, -0.25) is 0 Å². The van der Waals surface area contributed by atoms with E-state index in [1.807, 2.05) is 6.56 Å². The first-order chi connectivity index (χ1) is 11.1. The van der Waals surface area contributed by atoms with Crippen LogP contribution in [0.3, 0.4) is 0 Å². The zero-order valence-corrected chi connectivity index (χ0v) is 19.5. The molecule has 0 atom stereocenters. The third kappa shape index (κ3) is 4.01. The normalized spacial score (nSPS) is 18.2. The van der Waals surface area contributed by atoms with Gasteiger partial charge in [0.05, 0.1) is 0 Å². The molecule has 0 saturated heterocycles. The summed E-state index contributed by atoms with van der Waals surface area (Å²) in [6.45, 7) is 9.58. The first kappa shape index (κ1) is 19.4. The first-order valence-corrected chi connectivity index (χ1v) is 21.7. The van der Waals surface area contributed by atoms with Crippen LogP contribution >= 0.6 is 0 Å². The number of unbranched alkanes of at least 4 members (excludes halogenated alkanes) is 2. The fourth-order valence-corrected chi connectivity index (χ4v) is 27.2. The van der Waals surface area contributed by atoms with Gasteiger partial charge >= 0.3 is 147 Å². The second kappa shape index (κ2) is 8.43. The number of hydrogen-bond acceptors (Lipinski definition) is 0. The molecule has 0 saturated carbocycles. The van der Waals surface area contributed by atoms with E-state index in [4.69, 9.17) is 0 Å². The molecule has 0 fully saturated rings. The molecular formula is C21H36SiZr. The zero-order valence-electron chi connectivity index (χ0n) is 15.7. The first-order valence-electron chi connectivity index (χ1n) is 9.88. The van der Waals surface area contributed by atoms with Crippen molar-refractivity contribution in [3.63, 3.8) is 0 Å². The SMILES string of the molecule is CCC[CH2][Zr](=[SiH2])([CH2]CCC)([C]1=CC=CC1)[C]1=CC(CCC)=CC1. The van der Waals surface area contributed by atoms with Crippen molar-refractivity contribution in [2.45, 2.75) is 80.4 Å². The molecule has 0 radical (unpaired) electrons. The molecule has 0 bridgehead atoms. The monoisotopic (exact) mass is 406 g/mol. The van der Waals surface area contributed by atoms with Crippen LogP contribution in [0.4, 0.5) is 0 Å². The van der Waals surface area contributed by atoms with Crippen molar-refractivity contribution in [2.75, 3.05) is 0 Å². The summed E-state index contributed by atoms with van der Waals surface area (Å²) >= 11 is -3.00. The maximum atomic E-state index is 2.67. The van der Waals surface area contributed by atoms with Crippen LogP contribution in [0.15, 0.2) is 42.5 Å². The fraction of sp³-hybridized carbons (Fsp3) is 0.619. The van der Waals surface area contributed by atoms with E-state index < -0.39 is 17.4 Å². The van der Waals surface area contributed by atoms with Gasteiger partial charge in [-0.05, 0) is 0 Å². The van der Waals surface area contributed by atoms with Crippen molar-refractivity contribution in [1.29, 1.82) is 0 Å². The molecule has 0 nitrogen and oxygen atoms in total. The van der Waals surface area contributed by atoms with Crippen molar-refractivity contribution >= 4 is 6.88 Å². The summed E-state index contributed by atoms with van der Waals surface area (Å²) < 4.78 is 6.88. The van der Waals surface area contributed by atoms with E-state index >= 15 is 0 Å². The molecule has 0 spiro atoms. The minimum absolute atomic E-state index is 1.25. The van der Waals surface area contributed by atoms with Gasteiger partial charge < -0.3 is 0 Å². The number of allylic oxidation sites excluding steroid dienone is 8. The van der Waals surface area contributed by atoms with Crippen LogP contribution in [0.5, 0.6) is 0 Å². The van der Waals surface area contributed by atoms with Crippen LogP contribution in [-0.2, 0) is 17.4 Å². The predicted octanol–water partition coefficient (Wildman–Crippen LogP) is 6.52. The third-order valence-corrected chi connectivity index (χ3v) is 33.5. The van der Waals surface area contributed by atoms with Crippen molar-refractivity contribution in [3.8, 4) is 0 Å². The summed E-state index contributed by atoms with van der Waals surface area (Å²) in [7, 11) is 0. The van der Waals surface area contributed by atoms with Crippen LogP contribution < -0.4 is 0 Å².